The maximum Gasteiger partial charge on any atom is 0.374 e. The molecule has 28 heavy (non-hydrogen) atoms. The number of ether oxygens (including phenoxy) is 1. The van der Waals surface area contributed by atoms with Crippen molar-refractivity contribution in [2.75, 3.05) is 18.1 Å². The van der Waals surface area contributed by atoms with E-state index in [1.165, 1.54) is 0 Å². The summed E-state index contributed by atoms with van der Waals surface area (Å²) < 4.78 is 10.6. The van der Waals surface area contributed by atoms with Gasteiger partial charge >= 0.3 is 5.97 Å². The summed E-state index contributed by atoms with van der Waals surface area (Å²) in [4.78, 5) is 26.2. The highest BCUT2D eigenvalue weighted by Gasteiger charge is 2.39. The Morgan fingerprint density at radius 3 is 2.68 bits per heavy atom. The van der Waals surface area contributed by atoms with Gasteiger partial charge in [0.2, 0.25) is 11.7 Å². The fourth-order valence-electron chi connectivity index (χ4n) is 4.00. The van der Waals surface area contributed by atoms with E-state index in [-0.39, 0.29) is 24.2 Å². The Bertz CT molecular complexity index is 1010. The number of hydrogen-bond donors (Lipinski definition) is 1. The Morgan fingerprint density at radius 1 is 1.18 bits per heavy atom. The van der Waals surface area contributed by atoms with Crippen molar-refractivity contribution in [3.05, 3.63) is 65.9 Å². The molecule has 0 unspecified atom stereocenters. The molecule has 144 valence electrons. The maximum atomic E-state index is 12.3. The van der Waals surface area contributed by atoms with Crippen molar-refractivity contribution in [1.29, 1.82) is 0 Å². The fraction of sp³-hybridized carbons (Fsp3) is 0.273. The number of rotatable bonds is 5. The quantitative estimate of drug-likeness (QED) is 0.687. The summed E-state index contributed by atoms with van der Waals surface area (Å²) in [5.41, 5.74) is 8.38. The average molecular weight is 378 g/mol. The van der Waals surface area contributed by atoms with Crippen molar-refractivity contribution < 1.29 is 18.7 Å². The van der Waals surface area contributed by atoms with Crippen LogP contribution in [0.25, 0.3) is 11.0 Å². The topological polar surface area (TPSA) is 85.8 Å². The summed E-state index contributed by atoms with van der Waals surface area (Å²) >= 11 is 0. The number of furan rings is 1. The van der Waals surface area contributed by atoms with Crippen LogP contribution in [0.4, 0.5) is 5.69 Å². The van der Waals surface area contributed by atoms with E-state index in [0.717, 1.165) is 29.6 Å². The first kappa shape index (κ1) is 18.1. The van der Waals surface area contributed by atoms with Crippen molar-refractivity contribution in [1.82, 2.24) is 0 Å². The van der Waals surface area contributed by atoms with Crippen LogP contribution in [0.5, 0.6) is 0 Å². The molecular weight excluding hydrogens is 356 g/mol. The predicted molar refractivity (Wildman–Crippen MR) is 106 cm³/mol. The normalized spacial score (nSPS) is 19.1. The fourth-order valence-corrected chi connectivity index (χ4v) is 4.00. The standard InChI is InChI=1S/C22H22N2O4/c1-2-27-22(26)19-13-15-12-16(8-9-18(15)28-19)24-11-10-17(20(24)21(23)25)14-6-4-3-5-7-14/h3-9,12-13,17,20H,2,10-11H2,1H3,(H2,23,25)/t17-,20-/m0/s1. The lowest BCUT2D eigenvalue weighted by Crippen LogP contribution is -2.43. The van der Waals surface area contributed by atoms with Crippen LogP contribution in [0.2, 0.25) is 0 Å². The van der Waals surface area contributed by atoms with Crippen LogP contribution in [-0.2, 0) is 9.53 Å². The first-order valence-corrected chi connectivity index (χ1v) is 9.40. The van der Waals surface area contributed by atoms with Gasteiger partial charge in [-0.25, -0.2) is 4.79 Å². The number of carbonyl (C=O) groups is 2. The van der Waals surface area contributed by atoms with E-state index < -0.39 is 12.0 Å². The van der Waals surface area contributed by atoms with Crippen LogP contribution in [0.15, 0.2) is 59.0 Å². The molecule has 1 saturated heterocycles. The molecule has 1 fully saturated rings. The van der Waals surface area contributed by atoms with Gasteiger partial charge in [-0.15, -0.1) is 0 Å². The smallest absolute Gasteiger partial charge is 0.374 e. The molecule has 1 aliphatic heterocycles. The number of esters is 1. The Balaban J connectivity index is 1.66. The predicted octanol–water partition coefficient (Wildman–Crippen LogP) is 3.46. The van der Waals surface area contributed by atoms with Gasteiger partial charge in [0.25, 0.3) is 0 Å². The Labute approximate surface area is 162 Å². The molecule has 2 heterocycles. The van der Waals surface area contributed by atoms with Crippen LogP contribution in [-0.4, -0.2) is 31.1 Å². The number of carbonyl (C=O) groups excluding carboxylic acids is 2. The van der Waals surface area contributed by atoms with Crippen LogP contribution >= 0.6 is 0 Å². The van der Waals surface area contributed by atoms with Crippen LogP contribution in [0.3, 0.4) is 0 Å². The molecule has 0 aliphatic carbocycles. The van der Waals surface area contributed by atoms with Crippen LogP contribution in [0, 0.1) is 0 Å². The number of anilines is 1. The minimum atomic E-state index is -0.486. The van der Waals surface area contributed by atoms with Crippen molar-refractivity contribution in [2.45, 2.75) is 25.3 Å². The molecule has 0 spiro atoms. The van der Waals surface area contributed by atoms with E-state index in [2.05, 4.69) is 0 Å². The zero-order chi connectivity index (χ0) is 19.7. The Hall–Kier alpha value is -3.28. The van der Waals surface area contributed by atoms with Crippen molar-refractivity contribution in [3.8, 4) is 0 Å². The zero-order valence-corrected chi connectivity index (χ0v) is 15.6. The third kappa shape index (κ3) is 3.22. The van der Waals surface area contributed by atoms with E-state index in [1.54, 1.807) is 19.1 Å². The summed E-state index contributed by atoms with van der Waals surface area (Å²) in [5, 5.41) is 0.784. The van der Waals surface area contributed by atoms with Gasteiger partial charge in [0.05, 0.1) is 6.61 Å². The second kappa shape index (κ2) is 7.38. The Kier molecular flexibility index (Phi) is 4.77. The molecule has 4 rings (SSSR count). The highest BCUT2D eigenvalue weighted by atomic mass is 16.5. The zero-order valence-electron chi connectivity index (χ0n) is 15.6. The first-order valence-electron chi connectivity index (χ1n) is 9.40. The molecule has 2 aromatic carbocycles. The van der Waals surface area contributed by atoms with Gasteiger partial charge in [0.1, 0.15) is 11.6 Å². The van der Waals surface area contributed by atoms with Gasteiger partial charge in [-0.3, -0.25) is 4.79 Å². The molecule has 0 saturated carbocycles. The highest BCUT2D eigenvalue weighted by Crippen LogP contribution is 2.37. The molecule has 2 N–H and O–H groups in total. The van der Waals surface area contributed by atoms with E-state index in [9.17, 15) is 9.59 Å². The number of benzene rings is 2. The maximum absolute atomic E-state index is 12.3. The minimum absolute atomic E-state index is 0.0499. The van der Waals surface area contributed by atoms with Crippen LogP contribution < -0.4 is 10.6 Å². The summed E-state index contributed by atoms with van der Waals surface area (Å²) in [5.74, 6) is -0.607. The second-order valence-corrected chi connectivity index (χ2v) is 6.90. The van der Waals surface area contributed by atoms with Crippen LogP contribution in [0.1, 0.15) is 35.4 Å². The number of fused-ring (bicyclic) bond motifs is 1. The lowest BCUT2D eigenvalue weighted by atomic mass is 9.91. The van der Waals surface area contributed by atoms with Crippen molar-refractivity contribution >= 4 is 28.5 Å². The van der Waals surface area contributed by atoms with E-state index in [1.807, 2.05) is 47.4 Å². The summed E-state index contributed by atoms with van der Waals surface area (Å²) in [6.45, 7) is 2.76. The number of hydrogen-bond acceptors (Lipinski definition) is 5. The molecular formula is C22H22N2O4. The molecule has 6 nitrogen and oxygen atoms in total. The minimum Gasteiger partial charge on any atom is -0.460 e. The van der Waals surface area contributed by atoms with Gasteiger partial charge in [-0.2, -0.15) is 0 Å². The number of primary amides is 1. The summed E-state index contributed by atoms with van der Waals surface area (Å²) in [6, 6.07) is 16.9. The van der Waals surface area contributed by atoms with Gasteiger partial charge in [-0.05, 0) is 43.2 Å². The molecule has 0 radical (unpaired) electrons. The highest BCUT2D eigenvalue weighted by molar-refractivity contribution is 5.94. The average Bonchev–Trinajstić information content (AvgIpc) is 3.32. The Morgan fingerprint density at radius 2 is 1.96 bits per heavy atom. The summed E-state index contributed by atoms with van der Waals surface area (Å²) in [7, 11) is 0. The molecule has 0 bridgehead atoms. The lowest BCUT2D eigenvalue weighted by Gasteiger charge is -2.27. The third-order valence-corrected chi connectivity index (χ3v) is 5.23. The molecule has 1 amide bonds. The monoisotopic (exact) mass is 378 g/mol. The molecule has 1 aromatic heterocycles. The van der Waals surface area contributed by atoms with E-state index >= 15 is 0 Å². The van der Waals surface area contributed by atoms with Crippen molar-refractivity contribution in [2.24, 2.45) is 5.73 Å². The molecule has 6 heteroatoms. The lowest BCUT2D eigenvalue weighted by molar-refractivity contribution is -0.119. The van der Waals surface area contributed by atoms with Gasteiger partial charge < -0.3 is 19.8 Å². The van der Waals surface area contributed by atoms with Crippen molar-refractivity contribution in [3.63, 3.8) is 0 Å². The number of amides is 1. The molecule has 3 aromatic rings. The molecule has 1 aliphatic rings. The second-order valence-electron chi connectivity index (χ2n) is 6.90. The first-order chi connectivity index (χ1) is 13.6. The number of nitrogens with zero attached hydrogens (tertiary/aromatic N) is 1. The largest absolute Gasteiger partial charge is 0.460 e. The van der Waals surface area contributed by atoms with E-state index in [0.29, 0.717) is 5.58 Å². The molecule has 2 atom stereocenters. The summed E-state index contributed by atoms with van der Waals surface area (Å²) in [6.07, 6.45) is 0.842. The van der Waals surface area contributed by atoms with Gasteiger partial charge in [0.15, 0.2) is 0 Å². The number of nitrogens with two attached hydrogens (primary N) is 1. The van der Waals surface area contributed by atoms with Gasteiger partial charge in [0, 0.05) is 23.5 Å². The SMILES string of the molecule is CCOC(=O)c1cc2cc(N3CC[C@@H](c4ccccc4)[C@H]3C(N)=O)ccc2o1. The van der Waals surface area contributed by atoms with E-state index in [4.69, 9.17) is 14.9 Å². The van der Waals surface area contributed by atoms with Gasteiger partial charge in [-0.1, -0.05) is 30.3 Å². The third-order valence-electron chi connectivity index (χ3n) is 5.23.